The standard InChI is InChI=1S/C14H13ClO4/c15-12-5-3-11(4-6-12)2-1-7-19-14(16)13-10-17-8-9-18-13/h3-6,13H,7-10H2. The van der Waals surface area contributed by atoms with Gasteiger partial charge < -0.3 is 14.2 Å². The van der Waals surface area contributed by atoms with Crippen LogP contribution in [0.4, 0.5) is 0 Å². The zero-order valence-corrected chi connectivity index (χ0v) is 11.0. The third kappa shape index (κ3) is 4.56. The highest BCUT2D eigenvalue weighted by Gasteiger charge is 2.23. The number of hydrogen-bond donors (Lipinski definition) is 0. The van der Waals surface area contributed by atoms with Gasteiger partial charge in [-0.15, -0.1) is 0 Å². The fourth-order valence-corrected chi connectivity index (χ4v) is 1.62. The molecule has 1 aromatic carbocycles. The molecule has 19 heavy (non-hydrogen) atoms. The van der Waals surface area contributed by atoms with Crippen molar-refractivity contribution in [2.24, 2.45) is 0 Å². The van der Waals surface area contributed by atoms with E-state index in [-0.39, 0.29) is 13.2 Å². The lowest BCUT2D eigenvalue weighted by molar-refractivity contribution is -0.169. The van der Waals surface area contributed by atoms with Gasteiger partial charge >= 0.3 is 5.97 Å². The normalized spacial score (nSPS) is 18.3. The molecule has 100 valence electrons. The van der Waals surface area contributed by atoms with Gasteiger partial charge in [-0.3, -0.25) is 0 Å². The molecule has 5 heteroatoms. The van der Waals surface area contributed by atoms with Crippen LogP contribution in [0.25, 0.3) is 0 Å². The minimum absolute atomic E-state index is 0.0291. The molecule has 1 aliphatic heterocycles. The van der Waals surface area contributed by atoms with E-state index in [9.17, 15) is 4.79 Å². The zero-order chi connectivity index (χ0) is 13.5. The van der Waals surface area contributed by atoms with Crippen molar-refractivity contribution in [3.63, 3.8) is 0 Å². The van der Waals surface area contributed by atoms with Gasteiger partial charge in [-0.05, 0) is 24.3 Å². The summed E-state index contributed by atoms with van der Waals surface area (Å²) in [4.78, 5) is 11.5. The third-order valence-corrected chi connectivity index (χ3v) is 2.69. The van der Waals surface area contributed by atoms with E-state index in [2.05, 4.69) is 11.8 Å². The van der Waals surface area contributed by atoms with Crippen LogP contribution in [0.2, 0.25) is 5.02 Å². The molecule has 1 aromatic rings. The first-order chi connectivity index (χ1) is 9.25. The largest absolute Gasteiger partial charge is 0.451 e. The van der Waals surface area contributed by atoms with Crippen molar-refractivity contribution in [1.29, 1.82) is 0 Å². The van der Waals surface area contributed by atoms with Crippen LogP contribution in [0.1, 0.15) is 5.56 Å². The first-order valence-electron chi connectivity index (χ1n) is 5.86. The van der Waals surface area contributed by atoms with Gasteiger partial charge in [0.15, 0.2) is 12.7 Å². The van der Waals surface area contributed by atoms with E-state index < -0.39 is 12.1 Å². The molecule has 1 saturated heterocycles. The molecule has 0 spiro atoms. The number of benzene rings is 1. The van der Waals surface area contributed by atoms with E-state index in [0.717, 1.165) is 5.56 Å². The Balaban J connectivity index is 1.77. The molecule has 1 aliphatic rings. The lowest BCUT2D eigenvalue weighted by Gasteiger charge is -2.20. The van der Waals surface area contributed by atoms with Crippen LogP contribution in [0.15, 0.2) is 24.3 Å². The molecule has 0 N–H and O–H groups in total. The average Bonchev–Trinajstić information content (AvgIpc) is 2.46. The molecule has 0 amide bonds. The summed E-state index contributed by atoms with van der Waals surface area (Å²) < 4.78 is 15.3. The maximum atomic E-state index is 11.5. The Morgan fingerprint density at radius 2 is 2.16 bits per heavy atom. The number of hydrogen-bond acceptors (Lipinski definition) is 4. The highest BCUT2D eigenvalue weighted by atomic mass is 35.5. The fraction of sp³-hybridized carbons (Fsp3) is 0.357. The predicted octanol–water partition coefficient (Wildman–Crippen LogP) is 1.65. The van der Waals surface area contributed by atoms with Crippen molar-refractivity contribution in [3.05, 3.63) is 34.9 Å². The van der Waals surface area contributed by atoms with Gasteiger partial charge in [0.05, 0.1) is 19.8 Å². The molecule has 1 unspecified atom stereocenters. The maximum absolute atomic E-state index is 11.5. The van der Waals surface area contributed by atoms with Crippen LogP contribution < -0.4 is 0 Å². The number of carbonyl (C=O) groups is 1. The minimum atomic E-state index is -0.633. The predicted molar refractivity (Wildman–Crippen MR) is 69.8 cm³/mol. The quantitative estimate of drug-likeness (QED) is 0.610. The molecule has 2 rings (SSSR count). The molecule has 1 fully saturated rings. The lowest BCUT2D eigenvalue weighted by atomic mass is 10.2. The van der Waals surface area contributed by atoms with Crippen LogP contribution in [-0.4, -0.2) is 38.5 Å². The van der Waals surface area contributed by atoms with Crippen LogP contribution in [0.5, 0.6) is 0 Å². The average molecular weight is 281 g/mol. The van der Waals surface area contributed by atoms with Gasteiger partial charge in [-0.25, -0.2) is 4.79 Å². The van der Waals surface area contributed by atoms with Crippen molar-refractivity contribution in [2.45, 2.75) is 6.10 Å². The SMILES string of the molecule is O=C(OCC#Cc1ccc(Cl)cc1)C1COCCO1. The summed E-state index contributed by atoms with van der Waals surface area (Å²) in [6.07, 6.45) is -0.633. The van der Waals surface area contributed by atoms with Crippen molar-refractivity contribution in [2.75, 3.05) is 26.4 Å². The van der Waals surface area contributed by atoms with Crippen molar-refractivity contribution >= 4 is 17.6 Å². The van der Waals surface area contributed by atoms with Crippen LogP contribution in [-0.2, 0) is 19.0 Å². The highest BCUT2D eigenvalue weighted by Crippen LogP contribution is 2.08. The molecule has 0 saturated carbocycles. The van der Waals surface area contributed by atoms with Gasteiger partial charge in [0.1, 0.15) is 0 Å². The van der Waals surface area contributed by atoms with E-state index in [1.54, 1.807) is 24.3 Å². The number of ether oxygens (including phenoxy) is 3. The second-order valence-electron chi connectivity index (χ2n) is 3.85. The molecule has 1 atom stereocenters. The van der Waals surface area contributed by atoms with E-state index in [4.69, 9.17) is 25.8 Å². The Hall–Kier alpha value is -1.54. The molecule has 0 aromatic heterocycles. The summed E-state index contributed by atoms with van der Waals surface area (Å²) in [5.74, 6) is 5.19. The number of carbonyl (C=O) groups excluding carboxylic acids is 1. The van der Waals surface area contributed by atoms with Gasteiger partial charge in [-0.2, -0.15) is 0 Å². The molecule has 1 heterocycles. The first-order valence-corrected chi connectivity index (χ1v) is 6.24. The first kappa shape index (κ1) is 13.9. The van der Waals surface area contributed by atoms with Crippen molar-refractivity contribution in [1.82, 2.24) is 0 Å². The number of rotatable bonds is 2. The summed E-state index contributed by atoms with van der Waals surface area (Å²) in [5, 5.41) is 0.659. The lowest BCUT2D eigenvalue weighted by Crippen LogP contribution is -2.36. The van der Waals surface area contributed by atoms with E-state index in [1.807, 2.05) is 0 Å². The molecule has 0 aliphatic carbocycles. The summed E-state index contributed by atoms with van der Waals surface area (Å²) in [6.45, 7) is 1.20. The summed E-state index contributed by atoms with van der Waals surface area (Å²) in [6, 6.07) is 7.11. The van der Waals surface area contributed by atoms with E-state index in [0.29, 0.717) is 18.2 Å². The molecule has 4 nitrogen and oxygen atoms in total. The van der Waals surface area contributed by atoms with Gasteiger partial charge in [0, 0.05) is 10.6 Å². The van der Waals surface area contributed by atoms with E-state index in [1.165, 1.54) is 0 Å². The highest BCUT2D eigenvalue weighted by molar-refractivity contribution is 6.30. The topological polar surface area (TPSA) is 44.8 Å². The van der Waals surface area contributed by atoms with Crippen LogP contribution in [0, 0.1) is 11.8 Å². The number of halogens is 1. The van der Waals surface area contributed by atoms with Crippen LogP contribution in [0.3, 0.4) is 0 Å². The Labute approximate surface area is 116 Å². The molecule has 0 bridgehead atoms. The van der Waals surface area contributed by atoms with Gasteiger partial charge in [-0.1, -0.05) is 23.4 Å². The second-order valence-corrected chi connectivity index (χ2v) is 4.29. The van der Waals surface area contributed by atoms with E-state index >= 15 is 0 Å². The van der Waals surface area contributed by atoms with Crippen LogP contribution >= 0.6 is 11.6 Å². The monoisotopic (exact) mass is 280 g/mol. The Kier molecular flexibility index (Phi) is 5.22. The summed E-state index contributed by atoms with van der Waals surface area (Å²) >= 11 is 5.76. The Bertz CT molecular complexity index is 480. The van der Waals surface area contributed by atoms with Gasteiger partial charge in [0.25, 0.3) is 0 Å². The molecule has 0 radical (unpaired) electrons. The van der Waals surface area contributed by atoms with Crippen molar-refractivity contribution in [3.8, 4) is 11.8 Å². The molecular formula is C14H13ClO4. The zero-order valence-electron chi connectivity index (χ0n) is 10.2. The smallest absolute Gasteiger partial charge is 0.338 e. The summed E-state index contributed by atoms with van der Waals surface area (Å²) in [7, 11) is 0. The second kappa shape index (κ2) is 7.15. The third-order valence-electron chi connectivity index (χ3n) is 2.44. The Morgan fingerprint density at radius 1 is 1.37 bits per heavy atom. The summed E-state index contributed by atoms with van der Waals surface area (Å²) in [5.41, 5.74) is 0.817. The Morgan fingerprint density at radius 3 is 2.84 bits per heavy atom. The van der Waals surface area contributed by atoms with Crippen molar-refractivity contribution < 1.29 is 19.0 Å². The fourth-order valence-electron chi connectivity index (χ4n) is 1.50. The number of esters is 1. The van der Waals surface area contributed by atoms with Gasteiger partial charge in [0.2, 0.25) is 0 Å². The molecular weight excluding hydrogens is 268 g/mol. The maximum Gasteiger partial charge on any atom is 0.338 e. The minimum Gasteiger partial charge on any atom is -0.451 e.